The Labute approximate surface area is 126 Å². The van der Waals surface area contributed by atoms with Crippen molar-refractivity contribution in [3.8, 4) is 0 Å². The molecule has 54 valence electrons. The first-order valence-corrected chi connectivity index (χ1v) is 0. The van der Waals surface area contributed by atoms with E-state index >= 15 is 0 Å². The van der Waals surface area contributed by atoms with Crippen LogP contribution in [0.3, 0.4) is 0 Å². The van der Waals surface area contributed by atoms with Crippen LogP contribution >= 0.6 is 0 Å². The maximum absolute atomic E-state index is 0. The molecule has 3 nitrogen and oxygen atoms in total. The van der Waals surface area contributed by atoms with E-state index in [-0.39, 0.29) is 128 Å². The van der Waals surface area contributed by atoms with Gasteiger partial charge in [0.15, 0.2) is 34.7 Å². The maximum Gasteiger partial charge on any atom is 3.00 e. The van der Waals surface area contributed by atoms with Crippen molar-refractivity contribution in [1.29, 1.82) is 0 Å². The Balaban J connectivity index is 0. The molecular weight excluding hydrogens is 398 g/mol. The molecule has 0 N–H and O–H groups in total. The normalized spacial score (nSPS) is 0. The fourth-order valence-corrected chi connectivity index (χ4v) is 0. The van der Waals surface area contributed by atoms with Gasteiger partial charge in [0.05, 0.1) is 0 Å². The van der Waals surface area contributed by atoms with E-state index in [1.165, 1.54) is 0 Å². The molecule has 0 amide bonds. The minimum absolute atomic E-state index is 0. The van der Waals surface area contributed by atoms with Gasteiger partial charge in [0, 0.05) is 42.1 Å². The van der Waals surface area contributed by atoms with Crippen LogP contribution in [0.15, 0.2) is 0 Å². The number of hydrogen-bond donors (Lipinski definition) is 0. The topological polar surface area (TPSA) is 85.5 Å². The third-order valence-corrected chi connectivity index (χ3v) is 0. The summed E-state index contributed by atoms with van der Waals surface area (Å²) >= 11 is 0. The molecular formula is H6Al2Cr2Mo2O3. The van der Waals surface area contributed by atoms with Crippen LogP contribution in [0.1, 0.15) is 0 Å². The van der Waals surface area contributed by atoms with E-state index in [1.54, 1.807) is 0 Å². The van der Waals surface area contributed by atoms with Gasteiger partial charge in [-0.3, -0.25) is 0 Å². The molecule has 0 aliphatic carbocycles. The second-order valence-electron chi connectivity index (χ2n) is 0. The first-order valence-electron chi connectivity index (χ1n) is 0. The van der Waals surface area contributed by atoms with Crippen molar-refractivity contribution in [2.75, 3.05) is 0 Å². The average molecular weight is 404 g/mol. The van der Waals surface area contributed by atoms with Crippen molar-refractivity contribution in [2.45, 2.75) is 0 Å². The molecule has 0 bridgehead atoms. The zero-order valence-corrected chi connectivity index (χ0v) is 9.42. The molecule has 0 saturated heterocycles. The predicted molar refractivity (Wildman–Crippen MR) is 21.9 cm³/mol. The molecule has 0 unspecified atom stereocenters. The predicted octanol–water partition coefficient (Wildman–Crippen LogP) is -2.73. The standard InChI is InChI=1S/2Al.2Cr.2Mo.3O.6H/q;;2*+3;;;3*-2;;;;;;. The van der Waals surface area contributed by atoms with Crippen molar-refractivity contribution >= 4 is 34.7 Å². The van der Waals surface area contributed by atoms with Gasteiger partial charge >= 0.3 is 34.7 Å². The Morgan fingerprint density at radius 3 is 0.444 bits per heavy atom. The monoisotopic (exact) mass is 408 g/mol. The van der Waals surface area contributed by atoms with Crippen LogP contribution in [0.25, 0.3) is 0 Å². The minimum Gasteiger partial charge on any atom is -2.00 e. The van der Waals surface area contributed by atoms with Gasteiger partial charge in [0.25, 0.3) is 0 Å². The van der Waals surface area contributed by atoms with Crippen molar-refractivity contribution in [3.05, 3.63) is 0 Å². The smallest absolute Gasteiger partial charge is 2.00 e. The quantitative estimate of drug-likeness (QED) is 0.393. The molecule has 9 heavy (non-hydrogen) atoms. The molecule has 0 heterocycles. The largest absolute Gasteiger partial charge is 3.00 e. The van der Waals surface area contributed by atoms with E-state index in [9.17, 15) is 0 Å². The first-order chi connectivity index (χ1) is 0. The molecule has 0 aliphatic heterocycles. The summed E-state index contributed by atoms with van der Waals surface area (Å²) in [5, 5.41) is 0. The summed E-state index contributed by atoms with van der Waals surface area (Å²) in [6.07, 6.45) is 0. The summed E-state index contributed by atoms with van der Waals surface area (Å²) < 4.78 is 0. The van der Waals surface area contributed by atoms with Crippen molar-refractivity contribution in [1.82, 2.24) is 0 Å². The molecule has 0 aliphatic rings. The zero-order valence-electron chi connectivity index (χ0n) is 2.86. The fraction of sp³-hybridized carbons (Fsp3) is 0. The van der Waals surface area contributed by atoms with Crippen LogP contribution < -0.4 is 0 Å². The Kier molecular flexibility index (Phi) is 1670. The average Bonchev–Trinajstić information content (AvgIpc) is 0. The van der Waals surface area contributed by atoms with E-state index < -0.39 is 0 Å². The molecule has 0 aromatic rings. The van der Waals surface area contributed by atoms with Gasteiger partial charge in [-0.25, -0.2) is 0 Å². The molecule has 0 aromatic carbocycles. The first kappa shape index (κ1) is 140. The second kappa shape index (κ2) is 107. The van der Waals surface area contributed by atoms with Crippen LogP contribution in [0, 0.1) is 0 Å². The molecule has 0 fully saturated rings. The fourth-order valence-electron chi connectivity index (χ4n) is 0. The summed E-state index contributed by atoms with van der Waals surface area (Å²) in [6.45, 7) is 0. The SMILES string of the molecule is [AlH3].[AlH3].[Cr+3].[Cr+3].[Mo].[Mo].[O-2].[O-2].[O-2]. The van der Waals surface area contributed by atoms with Crippen molar-refractivity contribution in [2.24, 2.45) is 0 Å². The second-order valence-corrected chi connectivity index (χ2v) is 0. The molecule has 0 aromatic heterocycles. The van der Waals surface area contributed by atoms with E-state index in [0.29, 0.717) is 0 Å². The minimum atomic E-state index is 0. The van der Waals surface area contributed by atoms with Gasteiger partial charge in [-0.2, -0.15) is 0 Å². The Morgan fingerprint density at radius 1 is 0.444 bits per heavy atom. The van der Waals surface area contributed by atoms with Gasteiger partial charge in [-0.15, -0.1) is 0 Å². The van der Waals surface area contributed by atoms with Crippen LogP contribution in [0.4, 0.5) is 0 Å². The van der Waals surface area contributed by atoms with E-state index in [4.69, 9.17) is 0 Å². The van der Waals surface area contributed by atoms with Crippen LogP contribution in [-0.4, -0.2) is 34.7 Å². The Morgan fingerprint density at radius 2 is 0.444 bits per heavy atom. The van der Waals surface area contributed by atoms with Gasteiger partial charge in [0.1, 0.15) is 0 Å². The number of hydrogen-bond acceptors (Lipinski definition) is 0. The van der Waals surface area contributed by atoms with E-state index in [2.05, 4.69) is 0 Å². The van der Waals surface area contributed by atoms with Crippen molar-refractivity contribution < 1.29 is 93.3 Å². The Bertz CT molecular complexity index is 17.8. The molecule has 2 radical (unpaired) electrons. The summed E-state index contributed by atoms with van der Waals surface area (Å²) in [5.41, 5.74) is 0. The summed E-state index contributed by atoms with van der Waals surface area (Å²) in [4.78, 5) is 0. The van der Waals surface area contributed by atoms with Gasteiger partial charge in [-0.05, 0) is 0 Å². The molecule has 0 atom stereocenters. The molecule has 9 heteroatoms. The summed E-state index contributed by atoms with van der Waals surface area (Å²) in [7, 11) is 0. The van der Waals surface area contributed by atoms with E-state index in [0.717, 1.165) is 0 Å². The third kappa shape index (κ3) is 87.5. The molecule has 0 saturated carbocycles. The van der Waals surface area contributed by atoms with Gasteiger partial charge in [0.2, 0.25) is 0 Å². The van der Waals surface area contributed by atoms with Gasteiger partial charge < -0.3 is 16.4 Å². The zero-order chi connectivity index (χ0) is 0. The molecule has 0 spiro atoms. The summed E-state index contributed by atoms with van der Waals surface area (Å²) in [6, 6.07) is 0. The van der Waals surface area contributed by atoms with Crippen LogP contribution in [-0.2, 0) is 93.3 Å². The van der Waals surface area contributed by atoms with Crippen molar-refractivity contribution in [3.63, 3.8) is 0 Å². The Hall–Kier alpha value is 3.39. The van der Waals surface area contributed by atoms with Crippen LogP contribution in [0.5, 0.6) is 0 Å². The number of rotatable bonds is 0. The van der Waals surface area contributed by atoms with Crippen LogP contribution in [0.2, 0.25) is 0 Å². The maximum atomic E-state index is 0. The van der Waals surface area contributed by atoms with E-state index in [1.807, 2.05) is 0 Å². The van der Waals surface area contributed by atoms with Gasteiger partial charge in [-0.1, -0.05) is 0 Å². The summed E-state index contributed by atoms with van der Waals surface area (Å²) in [5.74, 6) is 0. The third-order valence-electron chi connectivity index (χ3n) is 0. The molecule has 0 rings (SSSR count).